The van der Waals surface area contributed by atoms with Gasteiger partial charge in [-0.25, -0.2) is 0 Å². The van der Waals surface area contributed by atoms with Gasteiger partial charge < -0.3 is 40.2 Å². The normalized spacial score (nSPS) is 14.9. The van der Waals surface area contributed by atoms with E-state index in [0.29, 0.717) is 11.5 Å². The molecule has 11 nitrogen and oxygen atoms in total. The topological polar surface area (TPSA) is 150 Å². The number of piperazine rings is 1. The van der Waals surface area contributed by atoms with Crippen LogP contribution in [0.2, 0.25) is 0 Å². The van der Waals surface area contributed by atoms with Gasteiger partial charge in [-0.15, -0.1) is 0 Å². The minimum Gasteiger partial charge on any atom is -0.493 e. The van der Waals surface area contributed by atoms with Crippen molar-refractivity contribution in [1.29, 1.82) is 0 Å². The maximum absolute atomic E-state index is 11.3. The molecule has 1 aromatic rings. The van der Waals surface area contributed by atoms with Crippen LogP contribution in [0.1, 0.15) is 25.8 Å². The summed E-state index contributed by atoms with van der Waals surface area (Å²) < 4.78 is 16.2. The first-order valence-electron chi connectivity index (χ1n) is 11.1. The minimum atomic E-state index is -1.35. The van der Waals surface area contributed by atoms with Crippen molar-refractivity contribution in [3.05, 3.63) is 17.7 Å². The second-order valence-electron chi connectivity index (χ2n) is 8.50. The number of benzene rings is 1. The largest absolute Gasteiger partial charge is 0.493 e. The number of aliphatic hydroxyl groups is 2. The SMILES string of the molecule is CC(C)(CO)C(O)C(=O)NCCC(=O)O.COc1ccc(CN2CCNCC2)c(OC)c1OC. The molecule has 1 amide bonds. The van der Waals surface area contributed by atoms with E-state index in [4.69, 9.17) is 24.4 Å². The summed E-state index contributed by atoms with van der Waals surface area (Å²) in [5.41, 5.74) is 0.190. The van der Waals surface area contributed by atoms with Crippen molar-refractivity contribution in [3.63, 3.8) is 0 Å². The Bertz CT molecular complexity index is 782. The number of carboxylic acids is 1. The monoisotopic (exact) mass is 485 g/mol. The number of carboxylic acid groups (broad SMARTS) is 1. The highest BCUT2D eigenvalue weighted by atomic mass is 16.5. The van der Waals surface area contributed by atoms with E-state index in [9.17, 15) is 14.7 Å². The summed E-state index contributed by atoms with van der Waals surface area (Å²) in [6.45, 7) is 7.75. The van der Waals surface area contributed by atoms with Crippen LogP contribution in [-0.2, 0) is 16.1 Å². The Balaban J connectivity index is 0.000000352. The predicted molar refractivity (Wildman–Crippen MR) is 126 cm³/mol. The molecule has 1 atom stereocenters. The van der Waals surface area contributed by atoms with E-state index in [1.54, 1.807) is 21.3 Å². The molecule has 34 heavy (non-hydrogen) atoms. The molecule has 0 aliphatic carbocycles. The number of carbonyl (C=O) groups is 2. The number of aliphatic hydroxyl groups excluding tert-OH is 2. The Morgan fingerprint density at radius 2 is 1.74 bits per heavy atom. The van der Waals surface area contributed by atoms with Crippen LogP contribution in [0.25, 0.3) is 0 Å². The Morgan fingerprint density at radius 1 is 1.12 bits per heavy atom. The quantitative estimate of drug-likeness (QED) is 0.291. The zero-order valence-corrected chi connectivity index (χ0v) is 20.7. The molecule has 1 fully saturated rings. The van der Waals surface area contributed by atoms with Crippen molar-refractivity contribution in [2.45, 2.75) is 32.9 Å². The number of carbonyl (C=O) groups excluding carboxylic acids is 1. The molecule has 11 heteroatoms. The van der Waals surface area contributed by atoms with E-state index >= 15 is 0 Å². The number of methoxy groups -OCH3 is 3. The van der Waals surface area contributed by atoms with Gasteiger partial charge in [-0.2, -0.15) is 0 Å². The van der Waals surface area contributed by atoms with Crippen molar-refractivity contribution in [2.75, 3.05) is 60.7 Å². The van der Waals surface area contributed by atoms with Crippen LogP contribution in [0.3, 0.4) is 0 Å². The van der Waals surface area contributed by atoms with Crippen molar-refractivity contribution in [3.8, 4) is 17.2 Å². The van der Waals surface area contributed by atoms with Crippen molar-refractivity contribution >= 4 is 11.9 Å². The maximum atomic E-state index is 11.3. The van der Waals surface area contributed by atoms with Crippen LogP contribution in [0.4, 0.5) is 0 Å². The molecule has 1 aliphatic rings. The van der Waals surface area contributed by atoms with Crippen LogP contribution in [0, 0.1) is 5.41 Å². The summed E-state index contributed by atoms with van der Waals surface area (Å²) in [6.07, 6.45) is -1.55. The van der Waals surface area contributed by atoms with Crippen LogP contribution in [0.15, 0.2) is 12.1 Å². The summed E-state index contributed by atoms with van der Waals surface area (Å²) in [7, 11) is 4.93. The Hall–Kier alpha value is -2.60. The molecule has 194 valence electrons. The van der Waals surface area contributed by atoms with Gasteiger partial charge in [0.15, 0.2) is 11.5 Å². The lowest BCUT2D eigenvalue weighted by Crippen LogP contribution is -2.45. The fraction of sp³-hybridized carbons (Fsp3) is 0.652. The second kappa shape index (κ2) is 14.6. The van der Waals surface area contributed by atoms with E-state index in [2.05, 4.69) is 15.5 Å². The lowest BCUT2D eigenvalue weighted by molar-refractivity contribution is -0.138. The van der Waals surface area contributed by atoms with Gasteiger partial charge in [0.2, 0.25) is 11.7 Å². The van der Waals surface area contributed by atoms with Crippen molar-refractivity contribution < 1.29 is 39.1 Å². The molecule has 1 heterocycles. The zero-order valence-electron chi connectivity index (χ0n) is 20.7. The molecule has 1 aromatic carbocycles. The van der Waals surface area contributed by atoms with Gasteiger partial charge in [0.25, 0.3) is 0 Å². The van der Waals surface area contributed by atoms with E-state index in [0.717, 1.165) is 44.0 Å². The molecular weight excluding hydrogens is 446 g/mol. The van der Waals surface area contributed by atoms with Crippen molar-refractivity contribution in [2.24, 2.45) is 5.41 Å². The fourth-order valence-electron chi connectivity index (χ4n) is 3.23. The average molecular weight is 486 g/mol. The first kappa shape index (κ1) is 29.4. The third-order valence-electron chi connectivity index (χ3n) is 5.42. The fourth-order valence-corrected chi connectivity index (χ4v) is 3.23. The number of amides is 1. The first-order valence-corrected chi connectivity index (χ1v) is 11.1. The van der Waals surface area contributed by atoms with Gasteiger partial charge >= 0.3 is 5.97 Å². The van der Waals surface area contributed by atoms with Crippen LogP contribution >= 0.6 is 0 Å². The lowest BCUT2D eigenvalue weighted by Gasteiger charge is -2.28. The number of hydrogen-bond donors (Lipinski definition) is 5. The summed E-state index contributed by atoms with van der Waals surface area (Å²) in [6, 6.07) is 3.97. The van der Waals surface area contributed by atoms with E-state index in [1.807, 2.05) is 12.1 Å². The molecule has 0 saturated carbocycles. The molecule has 2 rings (SSSR count). The minimum absolute atomic E-state index is 0.0350. The van der Waals surface area contributed by atoms with Gasteiger partial charge in [0, 0.05) is 50.2 Å². The number of aliphatic carboxylic acids is 1. The molecule has 0 radical (unpaired) electrons. The summed E-state index contributed by atoms with van der Waals surface area (Å²) in [5.74, 6) is 0.433. The van der Waals surface area contributed by atoms with Gasteiger partial charge in [-0.1, -0.05) is 19.9 Å². The number of hydrogen-bond acceptors (Lipinski definition) is 9. The van der Waals surface area contributed by atoms with E-state index < -0.39 is 23.4 Å². The second-order valence-corrected chi connectivity index (χ2v) is 8.50. The van der Waals surface area contributed by atoms with Crippen LogP contribution in [0.5, 0.6) is 17.2 Å². The molecule has 0 bridgehead atoms. The number of nitrogens with zero attached hydrogens (tertiary/aromatic N) is 1. The Kier molecular flexibility index (Phi) is 12.7. The summed E-state index contributed by atoms with van der Waals surface area (Å²) in [4.78, 5) is 23.8. The third-order valence-corrected chi connectivity index (χ3v) is 5.42. The Morgan fingerprint density at radius 3 is 2.24 bits per heavy atom. The average Bonchev–Trinajstić information content (AvgIpc) is 2.83. The molecule has 1 unspecified atom stereocenters. The molecule has 1 saturated heterocycles. The molecule has 5 N–H and O–H groups in total. The number of ether oxygens (including phenoxy) is 3. The van der Waals surface area contributed by atoms with Crippen LogP contribution in [-0.4, -0.2) is 98.9 Å². The van der Waals surface area contributed by atoms with E-state index in [1.165, 1.54) is 13.8 Å². The van der Waals surface area contributed by atoms with E-state index in [-0.39, 0.29) is 19.6 Å². The highest BCUT2D eigenvalue weighted by Gasteiger charge is 2.32. The highest BCUT2D eigenvalue weighted by Crippen LogP contribution is 2.40. The smallest absolute Gasteiger partial charge is 0.305 e. The van der Waals surface area contributed by atoms with Gasteiger partial charge in [0.1, 0.15) is 6.10 Å². The van der Waals surface area contributed by atoms with Crippen LogP contribution < -0.4 is 24.8 Å². The number of nitrogens with one attached hydrogen (secondary N) is 2. The molecular formula is C23H39N3O8. The third kappa shape index (κ3) is 8.98. The predicted octanol–water partition coefficient (Wildman–Crippen LogP) is 0.0743. The molecule has 0 aromatic heterocycles. The maximum Gasteiger partial charge on any atom is 0.305 e. The standard InChI is InChI=1S/C14H22N2O3.C9H17NO5/c1-17-12-5-4-11(13(18-2)14(12)19-3)10-16-8-6-15-7-9-16;1-9(2,5-11)7(14)8(15)10-4-3-6(12)13/h4-5,15H,6-10H2,1-3H3;7,11,14H,3-5H2,1-2H3,(H,10,15)(H,12,13). The van der Waals surface area contributed by atoms with Gasteiger partial charge in [-0.3, -0.25) is 14.5 Å². The summed E-state index contributed by atoms with van der Waals surface area (Å²) in [5, 5.41) is 32.3. The lowest BCUT2D eigenvalue weighted by atomic mass is 9.87. The summed E-state index contributed by atoms with van der Waals surface area (Å²) >= 11 is 0. The zero-order chi connectivity index (χ0) is 25.7. The van der Waals surface area contributed by atoms with Gasteiger partial charge in [-0.05, 0) is 6.07 Å². The number of rotatable bonds is 11. The highest BCUT2D eigenvalue weighted by molar-refractivity contribution is 5.81. The first-order chi connectivity index (χ1) is 16.1. The molecule has 1 aliphatic heterocycles. The Labute approximate surface area is 201 Å². The van der Waals surface area contributed by atoms with Gasteiger partial charge in [0.05, 0.1) is 34.4 Å². The van der Waals surface area contributed by atoms with Crippen molar-refractivity contribution in [1.82, 2.24) is 15.5 Å². The molecule has 0 spiro atoms.